The molecule has 9 nitrogen and oxygen atoms in total. The molecule has 0 spiro atoms. The van der Waals surface area contributed by atoms with Crippen molar-refractivity contribution in [3.05, 3.63) is 34.1 Å². The standard InChI is InChI=1S/C17H26N6O3S2.HI/c1-3-16-20-14(12-27-16)4-6-19-17(18-2)22-7-9-23(10-8-22)28(24,25)13-15-5-11-26-21-15;/h5,11-12H,3-4,6-10,13H2,1-2H3,(H,18,19);1H. The number of thiazole rings is 1. The van der Waals surface area contributed by atoms with E-state index in [2.05, 4.69) is 37.7 Å². The predicted molar refractivity (Wildman–Crippen MR) is 124 cm³/mol. The summed E-state index contributed by atoms with van der Waals surface area (Å²) in [4.78, 5) is 11.0. The lowest BCUT2D eigenvalue weighted by Gasteiger charge is -2.35. The molecule has 162 valence electrons. The van der Waals surface area contributed by atoms with E-state index in [4.69, 9.17) is 4.52 Å². The Morgan fingerprint density at radius 2 is 2.07 bits per heavy atom. The van der Waals surface area contributed by atoms with Gasteiger partial charge in [0.15, 0.2) is 5.96 Å². The quantitative estimate of drug-likeness (QED) is 0.315. The molecule has 0 bridgehead atoms. The molecule has 3 heterocycles. The molecule has 0 atom stereocenters. The minimum Gasteiger partial charge on any atom is -0.364 e. The van der Waals surface area contributed by atoms with Crippen molar-refractivity contribution in [2.45, 2.75) is 25.5 Å². The Morgan fingerprint density at radius 1 is 1.31 bits per heavy atom. The Balaban J connectivity index is 0.00000300. The molecule has 0 aliphatic carbocycles. The summed E-state index contributed by atoms with van der Waals surface area (Å²) in [5.41, 5.74) is 1.52. The summed E-state index contributed by atoms with van der Waals surface area (Å²) in [5.74, 6) is 0.656. The van der Waals surface area contributed by atoms with Gasteiger partial charge in [-0.2, -0.15) is 4.31 Å². The van der Waals surface area contributed by atoms with Crippen LogP contribution in [0.1, 0.15) is 23.3 Å². The van der Waals surface area contributed by atoms with Crippen LogP contribution in [-0.2, 0) is 28.6 Å². The molecule has 12 heteroatoms. The van der Waals surface area contributed by atoms with Crippen LogP contribution < -0.4 is 5.32 Å². The number of aliphatic imine (C=N–C) groups is 1. The van der Waals surface area contributed by atoms with E-state index in [1.54, 1.807) is 24.5 Å². The zero-order chi connectivity index (χ0) is 20.0. The van der Waals surface area contributed by atoms with Gasteiger partial charge in [0.25, 0.3) is 0 Å². The first-order valence-electron chi connectivity index (χ1n) is 9.27. The molecule has 3 rings (SSSR count). The maximum atomic E-state index is 12.5. The van der Waals surface area contributed by atoms with Gasteiger partial charge >= 0.3 is 0 Å². The van der Waals surface area contributed by atoms with Gasteiger partial charge in [-0.1, -0.05) is 12.1 Å². The highest BCUT2D eigenvalue weighted by Crippen LogP contribution is 2.13. The first-order chi connectivity index (χ1) is 13.5. The van der Waals surface area contributed by atoms with Gasteiger partial charge in [0, 0.05) is 57.6 Å². The second kappa shape index (κ2) is 11.2. The van der Waals surface area contributed by atoms with Gasteiger partial charge in [-0.05, 0) is 6.42 Å². The highest BCUT2D eigenvalue weighted by molar-refractivity contribution is 14.0. The summed E-state index contributed by atoms with van der Waals surface area (Å²) >= 11 is 1.69. The van der Waals surface area contributed by atoms with Crippen molar-refractivity contribution < 1.29 is 12.9 Å². The normalized spacial score (nSPS) is 15.9. The van der Waals surface area contributed by atoms with Crippen molar-refractivity contribution in [1.82, 2.24) is 24.7 Å². The van der Waals surface area contributed by atoms with Crippen LogP contribution in [0.3, 0.4) is 0 Å². The second-order valence-corrected chi connectivity index (χ2v) is 9.35. The zero-order valence-electron chi connectivity index (χ0n) is 16.6. The number of hydrogen-bond acceptors (Lipinski definition) is 7. The summed E-state index contributed by atoms with van der Waals surface area (Å²) in [6.07, 6.45) is 3.18. The number of aryl methyl sites for hydroxylation is 1. The molecular formula is C17H27IN6O3S2. The first-order valence-corrected chi connectivity index (χ1v) is 11.8. The zero-order valence-corrected chi connectivity index (χ0v) is 20.5. The summed E-state index contributed by atoms with van der Waals surface area (Å²) in [5, 5.41) is 10.3. The maximum absolute atomic E-state index is 12.5. The molecule has 1 saturated heterocycles. The van der Waals surface area contributed by atoms with E-state index in [9.17, 15) is 8.42 Å². The number of hydrogen-bond donors (Lipinski definition) is 1. The average Bonchev–Trinajstić information content (AvgIpc) is 3.37. The Kier molecular flexibility index (Phi) is 9.30. The largest absolute Gasteiger partial charge is 0.364 e. The van der Waals surface area contributed by atoms with Crippen LogP contribution in [-0.4, -0.2) is 73.5 Å². The lowest BCUT2D eigenvalue weighted by molar-refractivity contribution is 0.260. The number of guanidine groups is 1. The van der Waals surface area contributed by atoms with Crippen molar-refractivity contribution >= 4 is 51.3 Å². The maximum Gasteiger partial charge on any atom is 0.220 e. The number of sulfonamides is 1. The molecule has 0 radical (unpaired) electrons. The van der Waals surface area contributed by atoms with Gasteiger partial charge in [0.05, 0.1) is 16.4 Å². The Morgan fingerprint density at radius 3 is 2.66 bits per heavy atom. The highest BCUT2D eigenvalue weighted by atomic mass is 127. The van der Waals surface area contributed by atoms with Gasteiger partial charge in [-0.15, -0.1) is 35.3 Å². The van der Waals surface area contributed by atoms with E-state index >= 15 is 0 Å². The topological polar surface area (TPSA) is 104 Å². The molecule has 2 aromatic rings. The number of nitrogens with zero attached hydrogens (tertiary/aromatic N) is 5. The van der Waals surface area contributed by atoms with Gasteiger partial charge in [0.2, 0.25) is 10.0 Å². The molecule has 0 saturated carbocycles. The third kappa shape index (κ3) is 6.62. The molecule has 1 aliphatic heterocycles. The molecule has 1 N–H and O–H groups in total. The third-order valence-electron chi connectivity index (χ3n) is 4.53. The molecule has 0 aromatic carbocycles. The van der Waals surface area contributed by atoms with E-state index in [1.165, 1.54) is 10.6 Å². The fourth-order valence-corrected chi connectivity index (χ4v) is 5.23. The minimum absolute atomic E-state index is 0. The van der Waals surface area contributed by atoms with E-state index in [0.717, 1.165) is 36.0 Å². The molecule has 1 aliphatic rings. The SMILES string of the molecule is CCc1nc(CCNC(=NC)N2CCN(S(=O)(=O)Cc3ccon3)CC2)cs1.I. The first kappa shape index (κ1) is 24.0. The molecule has 0 amide bonds. The molecule has 0 unspecified atom stereocenters. The van der Waals surface area contributed by atoms with Crippen LogP contribution in [0, 0.1) is 0 Å². The van der Waals surface area contributed by atoms with Crippen LogP contribution in [0.5, 0.6) is 0 Å². The highest BCUT2D eigenvalue weighted by Gasteiger charge is 2.28. The van der Waals surface area contributed by atoms with Crippen LogP contribution in [0.15, 0.2) is 27.2 Å². The summed E-state index contributed by atoms with van der Waals surface area (Å²) < 4.78 is 31.3. The van der Waals surface area contributed by atoms with Gasteiger partial charge < -0.3 is 14.7 Å². The van der Waals surface area contributed by atoms with Crippen molar-refractivity contribution in [2.24, 2.45) is 4.99 Å². The van der Waals surface area contributed by atoms with Gasteiger partial charge in [-0.25, -0.2) is 13.4 Å². The van der Waals surface area contributed by atoms with E-state index in [-0.39, 0.29) is 29.7 Å². The van der Waals surface area contributed by atoms with Crippen molar-refractivity contribution in [3.63, 3.8) is 0 Å². The second-order valence-electron chi connectivity index (χ2n) is 6.44. The smallest absolute Gasteiger partial charge is 0.220 e. The summed E-state index contributed by atoms with van der Waals surface area (Å²) in [7, 11) is -1.65. The minimum atomic E-state index is -3.40. The number of aromatic nitrogens is 2. The summed E-state index contributed by atoms with van der Waals surface area (Å²) in [6, 6.07) is 1.57. The summed E-state index contributed by atoms with van der Waals surface area (Å²) in [6.45, 7) is 4.88. The molecule has 2 aromatic heterocycles. The molecular weight excluding hydrogens is 527 g/mol. The predicted octanol–water partition coefficient (Wildman–Crippen LogP) is 1.58. The average molecular weight is 554 g/mol. The Labute approximate surface area is 192 Å². The van der Waals surface area contributed by atoms with Crippen LogP contribution in [0.4, 0.5) is 0 Å². The van der Waals surface area contributed by atoms with Crippen molar-refractivity contribution in [2.75, 3.05) is 39.8 Å². The van der Waals surface area contributed by atoms with Crippen LogP contribution in [0.2, 0.25) is 0 Å². The number of halogens is 1. The van der Waals surface area contributed by atoms with E-state index in [1.807, 2.05) is 0 Å². The number of piperazine rings is 1. The van der Waals surface area contributed by atoms with Crippen molar-refractivity contribution in [3.8, 4) is 0 Å². The van der Waals surface area contributed by atoms with E-state index in [0.29, 0.717) is 31.9 Å². The van der Waals surface area contributed by atoms with Gasteiger partial charge in [0.1, 0.15) is 12.0 Å². The number of nitrogens with one attached hydrogen (secondary N) is 1. The van der Waals surface area contributed by atoms with Crippen LogP contribution >= 0.6 is 35.3 Å². The lowest BCUT2D eigenvalue weighted by atomic mass is 10.3. The molecule has 1 fully saturated rings. The Bertz CT molecular complexity index is 877. The van der Waals surface area contributed by atoms with Crippen molar-refractivity contribution in [1.29, 1.82) is 0 Å². The lowest BCUT2D eigenvalue weighted by Crippen LogP contribution is -2.54. The number of rotatable bonds is 7. The van der Waals surface area contributed by atoms with Gasteiger partial charge in [-0.3, -0.25) is 4.99 Å². The fraction of sp³-hybridized carbons (Fsp3) is 0.588. The fourth-order valence-electron chi connectivity index (χ4n) is 3.03. The van der Waals surface area contributed by atoms with E-state index < -0.39 is 10.0 Å². The van der Waals surface area contributed by atoms with Crippen LogP contribution in [0.25, 0.3) is 0 Å². The monoisotopic (exact) mass is 554 g/mol. The molecule has 29 heavy (non-hydrogen) atoms. The third-order valence-corrected chi connectivity index (χ3v) is 7.39. The Hall–Kier alpha value is -1.25.